The zero-order valence-electron chi connectivity index (χ0n) is 8.99. The smallest absolute Gasteiger partial charge is 0.286 e. The fourth-order valence-electron chi connectivity index (χ4n) is 1.81. The molecule has 6 nitrogen and oxygen atoms in total. The van der Waals surface area contributed by atoms with E-state index in [-0.39, 0.29) is 0 Å². The van der Waals surface area contributed by atoms with Gasteiger partial charge < -0.3 is 8.83 Å². The number of nitrogens with zero attached hydrogens (tertiary/aromatic N) is 4. The molecule has 4 rings (SSSR count). The summed E-state index contributed by atoms with van der Waals surface area (Å²) in [5.41, 5.74) is 3.70. The van der Waals surface area contributed by atoms with Crippen molar-refractivity contribution in [3.63, 3.8) is 0 Å². The Hall–Kier alpha value is -2.76. The second-order valence-electron chi connectivity index (χ2n) is 3.69. The lowest BCUT2D eigenvalue weighted by Gasteiger charge is -1.99. The normalized spacial score (nSPS) is 11.3. The van der Waals surface area contributed by atoms with E-state index in [1.165, 1.54) is 6.39 Å². The minimum atomic E-state index is 0.422. The summed E-state index contributed by atoms with van der Waals surface area (Å²) in [7, 11) is 0. The minimum Gasteiger partial charge on any atom is -0.441 e. The van der Waals surface area contributed by atoms with Crippen molar-refractivity contribution in [2.24, 2.45) is 0 Å². The lowest BCUT2D eigenvalue weighted by atomic mass is 10.2. The molecule has 0 saturated heterocycles. The SMILES string of the molecule is [c]1nc2ccc(-c3nccc4ncoc34)nc2o1. The highest BCUT2D eigenvalue weighted by molar-refractivity contribution is 5.87. The van der Waals surface area contributed by atoms with Crippen LogP contribution in [0.1, 0.15) is 0 Å². The first kappa shape index (κ1) is 9.29. The van der Waals surface area contributed by atoms with Gasteiger partial charge in [-0.05, 0) is 18.2 Å². The first-order valence-electron chi connectivity index (χ1n) is 5.24. The van der Waals surface area contributed by atoms with Gasteiger partial charge in [0.05, 0.1) is 5.69 Å². The molecule has 6 heteroatoms. The summed E-state index contributed by atoms with van der Waals surface area (Å²) >= 11 is 0. The highest BCUT2D eigenvalue weighted by Crippen LogP contribution is 2.25. The Morgan fingerprint density at radius 1 is 1.06 bits per heavy atom. The molecule has 18 heavy (non-hydrogen) atoms. The minimum absolute atomic E-state index is 0.422. The van der Waals surface area contributed by atoms with Gasteiger partial charge >= 0.3 is 0 Å². The van der Waals surface area contributed by atoms with Crippen molar-refractivity contribution >= 4 is 22.3 Å². The molecule has 0 aliphatic rings. The van der Waals surface area contributed by atoms with E-state index >= 15 is 0 Å². The first-order chi connectivity index (χ1) is 8.92. The molecule has 0 fully saturated rings. The van der Waals surface area contributed by atoms with Gasteiger partial charge in [0.25, 0.3) is 6.39 Å². The average molecular weight is 237 g/mol. The zero-order chi connectivity index (χ0) is 11.9. The monoisotopic (exact) mass is 237 g/mol. The molecule has 0 aliphatic heterocycles. The molecule has 4 aromatic heterocycles. The van der Waals surface area contributed by atoms with Crippen LogP contribution >= 0.6 is 0 Å². The van der Waals surface area contributed by atoms with Crippen LogP contribution in [0.5, 0.6) is 0 Å². The maximum absolute atomic E-state index is 5.33. The van der Waals surface area contributed by atoms with Gasteiger partial charge in [0, 0.05) is 6.20 Å². The molecule has 0 amide bonds. The van der Waals surface area contributed by atoms with E-state index in [0.717, 1.165) is 5.52 Å². The Labute approximate surface area is 100 Å². The maximum atomic E-state index is 5.33. The van der Waals surface area contributed by atoms with Gasteiger partial charge in [0.15, 0.2) is 12.0 Å². The van der Waals surface area contributed by atoms with Gasteiger partial charge in [-0.3, -0.25) is 4.98 Å². The highest BCUT2D eigenvalue weighted by atomic mass is 16.3. The molecule has 0 saturated carbocycles. The Morgan fingerprint density at radius 2 is 2.06 bits per heavy atom. The number of hydrogen-bond donors (Lipinski definition) is 0. The van der Waals surface area contributed by atoms with Crippen molar-refractivity contribution in [2.45, 2.75) is 0 Å². The van der Waals surface area contributed by atoms with Crippen molar-refractivity contribution in [3.05, 3.63) is 37.2 Å². The van der Waals surface area contributed by atoms with Crippen molar-refractivity contribution in [1.29, 1.82) is 0 Å². The third-order valence-corrected chi connectivity index (χ3v) is 2.64. The van der Waals surface area contributed by atoms with E-state index in [0.29, 0.717) is 28.2 Å². The molecule has 0 aromatic carbocycles. The first-order valence-corrected chi connectivity index (χ1v) is 5.24. The van der Waals surface area contributed by atoms with Gasteiger partial charge in [-0.15, -0.1) is 0 Å². The molecular weight excluding hydrogens is 232 g/mol. The number of aromatic nitrogens is 4. The molecule has 4 aromatic rings. The van der Waals surface area contributed by atoms with E-state index in [2.05, 4.69) is 26.3 Å². The second-order valence-corrected chi connectivity index (χ2v) is 3.69. The Kier molecular flexibility index (Phi) is 1.74. The molecule has 0 unspecified atom stereocenters. The molecule has 0 spiro atoms. The van der Waals surface area contributed by atoms with Crippen LogP contribution in [-0.2, 0) is 0 Å². The van der Waals surface area contributed by atoms with Crippen LogP contribution in [0.4, 0.5) is 0 Å². The quantitative estimate of drug-likeness (QED) is 0.505. The van der Waals surface area contributed by atoms with Crippen LogP contribution < -0.4 is 0 Å². The van der Waals surface area contributed by atoms with E-state index in [9.17, 15) is 0 Å². The summed E-state index contributed by atoms with van der Waals surface area (Å²) in [4.78, 5) is 16.6. The molecule has 4 heterocycles. The summed E-state index contributed by atoms with van der Waals surface area (Å²) in [6.45, 7) is 0. The molecule has 85 valence electrons. The van der Waals surface area contributed by atoms with E-state index in [1.807, 2.05) is 6.07 Å². The molecule has 0 aliphatic carbocycles. The summed E-state index contributed by atoms with van der Waals surface area (Å²) in [5.74, 6) is 0. The van der Waals surface area contributed by atoms with Crippen LogP contribution in [0.3, 0.4) is 0 Å². The van der Waals surface area contributed by atoms with Crippen LogP contribution in [0.2, 0.25) is 0 Å². The Bertz CT molecular complexity index is 849. The van der Waals surface area contributed by atoms with Gasteiger partial charge in [-0.1, -0.05) is 0 Å². The molecular formula is C12H5N4O2. The summed E-state index contributed by atoms with van der Waals surface area (Å²) in [5, 5.41) is 0. The Balaban J connectivity index is 2.03. The standard InChI is InChI=1S/C12H5N4O2/c1-2-9-12(18-6-15-9)16-7(1)10-11-8(3-4-13-10)14-5-17-11/h1-5H. The highest BCUT2D eigenvalue weighted by Gasteiger charge is 2.12. The van der Waals surface area contributed by atoms with Crippen LogP contribution in [-0.4, -0.2) is 19.9 Å². The zero-order valence-corrected chi connectivity index (χ0v) is 8.99. The summed E-state index contributed by atoms with van der Waals surface area (Å²) < 4.78 is 10.4. The number of rotatable bonds is 1. The van der Waals surface area contributed by atoms with Crippen LogP contribution in [0, 0.1) is 6.39 Å². The van der Waals surface area contributed by atoms with Crippen molar-refractivity contribution in [2.75, 3.05) is 0 Å². The summed E-state index contributed by atoms with van der Waals surface area (Å²) in [6.07, 6.45) is 5.46. The lowest BCUT2D eigenvalue weighted by Crippen LogP contribution is -1.88. The van der Waals surface area contributed by atoms with E-state index in [4.69, 9.17) is 8.83 Å². The van der Waals surface area contributed by atoms with Crippen molar-refractivity contribution in [3.8, 4) is 11.4 Å². The topological polar surface area (TPSA) is 77.8 Å². The maximum Gasteiger partial charge on any atom is 0.286 e. The number of fused-ring (bicyclic) bond motifs is 2. The van der Waals surface area contributed by atoms with Gasteiger partial charge in [-0.25, -0.2) is 15.0 Å². The van der Waals surface area contributed by atoms with Crippen LogP contribution in [0.15, 0.2) is 39.6 Å². The van der Waals surface area contributed by atoms with Gasteiger partial charge in [0.1, 0.15) is 16.7 Å². The predicted molar refractivity (Wildman–Crippen MR) is 61.4 cm³/mol. The van der Waals surface area contributed by atoms with Crippen molar-refractivity contribution < 1.29 is 8.83 Å². The fourth-order valence-corrected chi connectivity index (χ4v) is 1.81. The van der Waals surface area contributed by atoms with Crippen LogP contribution in [0.25, 0.3) is 33.7 Å². The third-order valence-electron chi connectivity index (χ3n) is 2.64. The number of hydrogen-bond acceptors (Lipinski definition) is 6. The molecule has 0 N–H and O–H groups in total. The molecule has 0 bridgehead atoms. The lowest BCUT2D eigenvalue weighted by molar-refractivity contribution is 0.580. The molecule has 1 radical (unpaired) electrons. The second kappa shape index (κ2) is 3.36. The Morgan fingerprint density at radius 3 is 3.06 bits per heavy atom. The number of pyridine rings is 2. The average Bonchev–Trinajstić information content (AvgIpc) is 3.05. The van der Waals surface area contributed by atoms with E-state index in [1.54, 1.807) is 18.3 Å². The van der Waals surface area contributed by atoms with E-state index < -0.39 is 0 Å². The summed E-state index contributed by atoms with van der Waals surface area (Å²) in [6, 6.07) is 5.39. The number of oxazole rings is 2. The molecule has 0 atom stereocenters. The largest absolute Gasteiger partial charge is 0.441 e. The van der Waals surface area contributed by atoms with Gasteiger partial charge in [-0.2, -0.15) is 0 Å². The third kappa shape index (κ3) is 1.22. The predicted octanol–water partition coefficient (Wildman–Crippen LogP) is 2.23. The fraction of sp³-hybridized carbons (Fsp3) is 0. The van der Waals surface area contributed by atoms with Gasteiger partial charge in [0.2, 0.25) is 5.71 Å². The van der Waals surface area contributed by atoms with Crippen molar-refractivity contribution in [1.82, 2.24) is 19.9 Å².